The molecule has 8 nitrogen and oxygen atoms in total. The van der Waals surface area contributed by atoms with Gasteiger partial charge >= 0.3 is 5.69 Å². The van der Waals surface area contributed by atoms with Gasteiger partial charge in [-0.15, -0.1) is 0 Å². The number of benzene rings is 1. The van der Waals surface area contributed by atoms with E-state index in [1.807, 2.05) is 12.1 Å². The summed E-state index contributed by atoms with van der Waals surface area (Å²) >= 11 is 0. The van der Waals surface area contributed by atoms with Crippen LogP contribution in [0.4, 0.5) is 5.69 Å². The highest BCUT2D eigenvalue weighted by molar-refractivity contribution is 5.93. The van der Waals surface area contributed by atoms with Crippen LogP contribution in [0.3, 0.4) is 0 Å². The molecule has 23 heavy (non-hydrogen) atoms. The molecular weight excluding hydrogens is 298 g/mol. The van der Waals surface area contributed by atoms with Gasteiger partial charge in [-0.3, -0.25) is 25.0 Å². The maximum Gasteiger partial charge on any atom is 0.312 e. The van der Waals surface area contributed by atoms with E-state index in [0.717, 1.165) is 5.56 Å². The van der Waals surface area contributed by atoms with Gasteiger partial charge in [-0.2, -0.15) is 5.10 Å². The molecule has 2 rings (SSSR count). The molecule has 0 aliphatic rings. The molecule has 0 aliphatic heterocycles. The Balaban J connectivity index is 2.17. The zero-order valence-corrected chi connectivity index (χ0v) is 13.5. The Hall–Kier alpha value is -2.74. The number of hydrazine groups is 1. The minimum atomic E-state index is -0.414. The van der Waals surface area contributed by atoms with Gasteiger partial charge in [-0.25, -0.2) is 5.01 Å². The van der Waals surface area contributed by atoms with Crippen LogP contribution >= 0.6 is 0 Å². The monoisotopic (exact) mass is 317 g/mol. The molecule has 0 aliphatic carbocycles. The molecule has 2 aromatic rings. The summed E-state index contributed by atoms with van der Waals surface area (Å²) < 4.78 is 1.60. The van der Waals surface area contributed by atoms with Gasteiger partial charge in [-0.05, 0) is 31.5 Å². The summed E-state index contributed by atoms with van der Waals surface area (Å²) in [6, 6.07) is 7.06. The molecular formula is C15H19N5O3. The summed E-state index contributed by atoms with van der Waals surface area (Å²) in [6.45, 7) is 3.71. The highest BCUT2D eigenvalue weighted by atomic mass is 16.6. The third-order valence-corrected chi connectivity index (χ3v) is 3.40. The molecule has 0 spiro atoms. The molecule has 1 aromatic carbocycles. The van der Waals surface area contributed by atoms with E-state index in [1.54, 1.807) is 49.8 Å². The summed E-state index contributed by atoms with van der Waals surface area (Å²) in [6.07, 6.45) is 0. The summed E-state index contributed by atoms with van der Waals surface area (Å²) in [5.74, 6) is -0.191. The predicted octanol–water partition coefficient (Wildman–Crippen LogP) is 1.66. The van der Waals surface area contributed by atoms with Crippen LogP contribution in [0.5, 0.6) is 0 Å². The average Bonchev–Trinajstić information content (AvgIpc) is 2.73. The van der Waals surface area contributed by atoms with Gasteiger partial charge < -0.3 is 0 Å². The van der Waals surface area contributed by atoms with Crippen molar-refractivity contribution < 1.29 is 9.72 Å². The van der Waals surface area contributed by atoms with Crippen molar-refractivity contribution in [3.8, 4) is 0 Å². The van der Waals surface area contributed by atoms with Crippen molar-refractivity contribution in [3.63, 3.8) is 0 Å². The maximum atomic E-state index is 11.9. The first-order valence-corrected chi connectivity index (χ1v) is 7.05. The first kappa shape index (κ1) is 16.6. The number of aromatic nitrogens is 2. The lowest BCUT2D eigenvalue weighted by atomic mass is 10.1. The number of carbonyl (C=O) groups is 1. The summed E-state index contributed by atoms with van der Waals surface area (Å²) in [4.78, 5) is 22.5. The standard InChI is InChI=1S/C15H19N5O3/c1-10-14(20(22)23)11(2)19(16-10)9-12-5-7-13(8-6-12)15(21)17-18(3)4/h5-8H,9H2,1-4H3,(H,17,21). The van der Waals surface area contributed by atoms with Crippen molar-refractivity contribution in [2.24, 2.45) is 0 Å². The van der Waals surface area contributed by atoms with E-state index in [9.17, 15) is 14.9 Å². The normalized spacial score (nSPS) is 10.8. The average molecular weight is 317 g/mol. The fourth-order valence-electron chi connectivity index (χ4n) is 2.31. The fraction of sp³-hybridized carbons (Fsp3) is 0.333. The number of nitrogens with zero attached hydrogens (tertiary/aromatic N) is 4. The third kappa shape index (κ3) is 3.72. The molecule has 1 heterocycles. The minimum absolute atomic E-state index is 0.0481. The molecule has 0 bridgehead atoms. The van der Waals surface area contributed by atoms with Gasteiger partial charge in [0.2, 0.25) is 0 Å². The van der Waals surface area contributed by atoms with Gasteiger partial charge in [-0.1, -0.05) is 12.1 Å². The number of nitrogens with one attached hydrogen (secondary N) is 1. The molecule has 0 saturated carbocycles. The summed E-state index contributed by atoms with van der Waals surface area (Å²) in [5, 5.41) is 16.8. The van der Waals surface area contributed by atoms with Gasteiger partial charge in [0.15, 0.2) is 0 Å². The first-order valence-electron chi connectivity index (χ1n) is 7.05. The molecule has 0 radical (unpaired) electrons. The van der Waals surface area contributed by atoms with Crippen LogP contribution in [-0.4, -0.2) is 39.7 Å². The van der Waals surface area contributed by atoms with Crippen LogP contribution in [0.25, 0.3) is 0 Å². The van der Waals surface area contributed by atoms with Crippen molar-refractivity contribution in [2.45, 2.75) is 20.4 Å². The molecule has 0 unspecified atom stereocenters. The number of rotatable bonds is 5. The van der Waals surface area contributed by atoms with E-state index in [2.05, 4.69) is 10.5 Å². The maximum absolute atomic E-state index is 11.9. The van der Waals surface area contributed by atoms with E-state index in [4.69, 9.17) is 0 Å². The highest BCUT2D eigenvalue weighted by Gasteiger charge is 2.21. The van der Waals surface area contributed by atoms with Crippen molar-refractivity contribution >= 4 is 11.6 Å². The topological polar surface area (TPSA) is 93.3 Å². The predicted molar refractivity (Wildman–Crippen MR) is 85.1 cm³/mol. The Morgan fingerprint density at radius 1 is 1.30 bits per heavy atom. The second-order valence-electron chi connectivity index (χ2n) is 5.47. The number of aryl methyl sites for hydroxylation is 1. The second-order valence-corrected chi connectivity index (χ2v) is 5.47. The lowest BCUT2D eigenvalue weighted by Gasteiger charge is -2.12. The first-order chi connectivity index (χ1) is 10.8. The third-order valence-electron chi connectivity index (χ3n) is 3.40. The second kappa shape index (κ2) is 6.57. The smallest absolute Gasteiger partial charge is 0.285 e. The zero-order chi connectivity index (χ0) is 17.1. The van der Waals surface area contributed by atoms with E-state index in [0.29, 0.717) is 23.5 Å². The summed E-state index contributed by atoms with van der Waals surface area (Å²) in [7, 11) is 3.48. The van der Waals surface area contributed by atoms with Gasteiger partial charge in [0.25, 0.3) is 5.91 Å². The van der Waals surface area contributed by atoms with E-state index in [-0.39, 0.29) is 11.6 Å². The van der Waals surface area contributed by atoms with Gasteiger partial charge in [0.05, 0.1) is 11.5 Å². The summed E-state index contributed by atoms with van der Waals surface area (Å²) in [5.41, 5.74) is 5.08. The number of nitro groups is 1. The Morgan fingerprint density at radius 3 is 2.39 bits per heavy atom. The van der Waals surface area contributed by atoms with Crippen molar-refractivity contribution in [1.29, 1.82) is 0 Å². The van der Waals surface area contributed by atoms with Crippen LogP contribution < -0.4 is 5.43 Å². The molecule has 1 aromatic heterocycles. The Morgan fingerprint density at radius 2 is 1.91 bits per heavy atom. The number of amides is 1. The molecule has 122 valence electrons. The Labute approximate surface area is 133 Å². The molecule has 0 atom stereocenters. The largest absolute Gasteiger partial charge is 0.312 e. The number of carbonyl (C=O) groups excluding carboxylic acids is 1. The van der Waals surface area contributed by atoms with Crippen molar-refractivity contribution in [1.82, 2.24) is 20.2 Å². The highest BCUT2D eigenvalue weighted by Crippen LogP contribution is 2.22. The molecule has 1 N–H and O–H groups in total. The Kier molecular flexibility index (Phi) is 4.75. The van der Waals surface area contributed by atoms with Crippen LogP contribution in [0.2, 0.25) is 0 Å². The lowest BCUT2D eigenvalue weighted by molar-refractivity contribution is -0.386. The molecule has 0 fully saturated rings. The zero-order valence-electron chi connectivity index (χ0n) is 13.5. The van der Waals surface area contributed by atoms with Crippen LogP contribution in [0.15, 0.2) is 24.3 Å². The molecule has 0 saturated heterocycles. The number of hydrogen-bond donors (Lipinski definition) is 1. The van der Waals surface area contributed by atoms with E-state index < -0.39 is 4.92 Å². The SMILES string of the molecule is Cc1nn(Cc2ccc(C(=O)NN(C)C)cc2)c(C)c1[N+](=O)[O-]. The Bertz CT molecular complexity index is 734. The van der Waals surface area contributed by atoms with E-state index in [1.165, 1.54) is 0 Å². The molecule has 8 heteroatoms. The minimum Gasteiger partial charge on any atom is -0.285 e. The van der Waals surface area contributed by atoms with Crippen LogP contribution in [0.1, 0.15) is 27.3 Å². The fourth-order valence-corrected chi connectivity index (χ4v) is 2.31. The van der Waals surface area contributed by atoms with Crippen LogP contribution in [-0.2, 0) is 6.54 Å². The quantitative estimate of drug-likeness (QED) is 0.668. The van der Waals surface area contributed by atoms with Crippen molar-refractivity contribution in [3.05, 3.63) is 56.9 Å². The van der Waals surface area contributed by atoms with Crippen LogP contribution in [0, 0.1) is 24.0 Å². The lowest BCUT2D eigenvalue weighted by Crippen LogP contribution is -2.36. The van der Waals surface area contributed by atoms with E-state index >= 15 is 0 Å². The van der Waals surface area contributed by atoms with Gasteiger partial charge in [0, 0.05) is 19.7 Å². The van der Waals surface area contributed by atoms with Crippen molar-refractivity contribution in [2.75, 3.05) is 14.1 Å². The number of hydrogen-bond acceptors (Lipinski definition) is 5. The van der Waals surface area contributed by atoms with Gasteiger partial charge in [0.1, 0.15) is 11.4 Å². The molecule has 1 amide bonds.